The van der Waals surface area contributed by atoms with E-state index in [1.54, 1.807) is 38.5 Å². The molecule has 0 aliphatic heterocycles. The highest BCUT2D eigenvalue weighted by Crippen LogP contribution is 2.27. The van der Waals surface area contributed by atoms with Gasteiger partial charge in [0.2, 0.25) is 0 Å². The Bertz CT molecular complexity index is 415. The zero-order valence-electron chi connectivity index (χ0n) is 10.0. The Hall–Kier alpha value is -1.77. The Morgan fingerprint density at radius 3 is 2.25 bits per heavy atom. The van der Waals surface area contributed by atoms with Crippen LogP contribution in [0.15, 0.2) is 29.8 Å². The number of ether oxygens (including phenoxy) is 2. The molecule has 16 heavy (non-hydrogen) atoms. The fourth-order valence-corrected chi connectivity index (χ4v) is 1.34. The summed E-state index contributed by atoms with van der Waals surface area (Å²) in [5, 5.41) is 0. The Morgan fingerprint density at radius 1 is 1.12 bits per heavy atom. The van der Waals surface area contributed by atoms with E-state index in [9.17, 15) is 4.79 Å². The summed E-state index contributed by atoms with van der Waals surface area (Å²) in [6.07, 6.45) is 1.60. The average Bonchev–Trinajstić information content (AvgIpc) is 2.27. The minimum Gasteiger partial charge on any atom is -0.493 e. The van der Waals surface area contributed by atoms with Crippen LogP contribution in [0.1, 0.15) is 24.2 Å². The molecule has 1 aromatic carbocycles. The molecule has 86 valence electrons. The lowest BCUT2D eigenvalue weighted by Crippen LogP contribution is -1.98. The quantitative estimate of drug-likeness (QED) is 0.578. The molecule has 1 rings (SSSR count). The Balaban J connectivity index is 3.08. The predicted molar refractivity (Wildman–Crippen MR) is 63.3 cm³/mol. The molecule has 0 amide bonds. The lowest BCUT2D eigenvalue weighted by atomic mass is 10.1. The molecule has 0 bridgehead atoms. The van der Waals surface area contributed by atoms with Gasteiger partial charge in [-0.1, -0.05) is 5.57 Å². The molecular weight excluding hydrogens is 204 g/mol. The SMILES string of the molecule is COc1ccc(C(=O)C=C(C)C)cc1OC. The normalized spacial score (nSPS) is 9.50. The molecule has 1 aromatic rings. The van der Waals surface area contributed by atoms with Crippen LogP contribution in [0.2, 0.25) is 0 Å². The van der Waals surface area contributed by atoms with Crippen molar-refractivity contribution in [3.05, 3.63) is 35.4 Å². The van der Waals surface area contributed by atoms with Gasteiger partial charge in [0, 0.05) is 5.56 Å². The van der Waals surface area contributed by atoms with Crippen LogP contribution in [0.3, 0.4) is 0 Å². The van der Waals surface area contributed by atoms with E-state index in [0.717, 1.165) is 5.57 Å². The van der Waals surface area contributed by atoms with E-state index in [-0.39, 0.29) is 5.78 Å². The van der Waals surface area contributed by atoms with E-state index in [1.165, 1.54) is 0 Å². The Kier molecular flexibility index (Phi) is 4.11. The Morgan fingerprint density at radius 2 is 1.75 bits per heavy atom. The zero-order chi connectivity index (χ0) is 12.1. The lowest BCUT2D eigenvalue weighted by molar-refractivity contribution is 0.104. The number of benzene rings is 1. The number of rotatable bonds is 4. The van der Waals surface area contributed by atoms with Crippen molar-refractivity contribution >= 4 is 5.78 Å². The van der Waals surface area contributed by atoms with E-state index >= 15 is 0 Å². The second-order valence-corrected chi connectivity index (χ2v) is 3.66. The van der Waals surface area contributed by atoms with Crippen LogP contribution >= 0.6 is 0 Å². The lowest BCUT2D eigenvalue weighted by Gasteiger charge is -2.08. The maximum absolute atomic E-state index is 11.8. The van der Waals surface area contributed by atoms with Gasteiger partial charge in [0.25, 0.3) is 0 Å². The summed E-state index contributed by atoms with van der Waals surface area (Å²) in [6, 6.07) is 5.13. The van der Waals surface area contributed by atoms with Gasteiger partial charge in [-0.25, -0.2) is 0 Å². The summed E-state index contributed by atoms with van der Waals surface area (Å²) in [7, 11) is 3.11. The molecular formula is C13H16O3. The first kappa shape index (κ1) is 12.3. The van der Waals surface area contributed by atoms with Gasteiger partial charge in [-0.3, -0.25) is 4.79 Å². The second-order valence-electron chi connectivity index (χ2n) is 3.66. The predicted octanol–water partition coefficient (Wildman–Crippen LogP) is 2.85. The number of methoxy groups -OCH3 is 2. The highest BCUT2D eigenvalue weighted by molar-refractivity contribution is 6.05. The number of hydrogen-bond donors (Lipinski definition) is 0. The van der Waals surface area contributed by atoms with Crippen LogP contribution in [0, 0.1) is 0 Å². The molecule has 0 aliphatic rings. The fourth-order valence-electron chi connectivity index (χ4n) is 1.34. The van der Waals surface area contributed by atoms with E-state index in [4.69, 9.17) is 9.47 Å². The third kappa shape index (κ3) is 2.86. The van der Waals surface area contributed by atoms with Gasteiger partial charge < -0.3 is 9.47 Å². The Labute approximate surface area is 95.7 Å². The molecule has 0 atom stereocenters. The van der Waals surface area contributed by atoms with Crippen molar-refractivity contribution in [3.63, 3.8) is 0 Å². The third-order valence-corrected chi connectivity index (χ3v) is 2.09. The average molecular weight is 220 g/mol. The summed E-state index contributed by atoms with van der Waals surface area (Å²) >= 11 is 0. The molecule has 0 aliphatic carbocycles. The van der Waals surface area contributed by atoms with E-state index in [2.05, 4.69) is 0 Å². The zero-order valence-corrected chi connectivity index (χ0v) is 10.0. The van der Waals surface area contributed by atoms with Crippen LogP contribution in [-0.2, 0) is 0 Å². The fraction of sp³-hybridized carbons (Fsp3) is 0.308. The molecule has 0 fully saturated rings. The van der Waals surface area contributed by atoms with Crippen molar-refractivity contribution in [3.8, 4) is 11.5 Å². The molecule has 0 spiro atoms. The molecule has 0 saturated carbocycles. The number of carbonyl (C=O) groups excluding carboxylic acids is 1. The summed E-state index contributed by atoms with van der Waals surface area (Å²) in [6.45, 7) is 3.78. The monoisotopic (exact) mass is 220 g/mol. The summed E-state index contributed by atoms with van der Waals surface area (Å²) in [5.41, 5.74) is 1.57. The molecule has 0 unspecified atom stereocenters. The third-order valence-electron chi connectivity index (χ3n) is 2.09. The second kappa shape index (κ2) is 5.35. The minimum absolute atomic E-state index is 0.0269. The minimum atomic E-state index is -0.0269. The van der Waals surface area contributed by atoms with Crippen molar-refractivity contribution in [2.24, 2.45) is 0 Å². The molecule has 0 saturated heterocycles. The number of hydrogen-bond acceptors (Lipinski definition) is 3. The van der Waals surface area contributed by atoms with Crippen LogP contribution in [0.25, 0.3) is 0 Å². The van der Waals surface area contributed by atoms with Gasteiger partial charge in [0.15, 0.2) is 17.3 Å². The largest absolute Gasteiger partial charge is 0.493 e. The van der Waals surface area contributed by atoms with Gasteiger partial charge >= 0.3 is 0 Å². The van der Waals surface area contributed by atoms with Crippen molar-refractivity contribution in [1.82, 2.24) is 0 Å². The first-order valence-electron chi connectivity index (χ1n) is 4.99. The standard InChI is InChI=1S/C13H16O3/c1-9(2)7-11(14)10-5-6-12(15-3)13(8-10)16-4/h5-8H,1-4H3. The molecule has 0 N–H and O–H groups in total. The molecule has 3 heteroatoms. The summed E-state index contributed by atoms with van der Waals surface area (Å²) in [4.78, 5) is 11.8. The molecule has 0 radical (unpaired) electrons. The van der Waals surface area contributed by atoms with E-state index < -0.39 is 0 Å². The highest BCUT2D eigenvalue weighted by atomic mass is 16.5. The van der Waals surface area contributed by atoms with Gasteiger partial charge in [0.05, 0.1) is 14.2 Å². The van der Waals surface area contributed by atoms with Crippen molar-refractivity contribution in [2.75, 3.05) is 14.2 Å². The van der Waals surface area contributed by atoms with Crippen LogP contribution in [0.4, 0.5) is 0 Å². The van der Waals surface area contributed by atoms with Crippen molar-refractivity contribution < 1.29 is 14.3 Å². The van der Waals surface area contributed by atoms with E-state index in [1.807, 2.05) is 13.8 Å². The van der Waals surface area contributed by atoms with Gasteiger partial charge in [-0.15, -0.1) is 0 Å². The maximum atomic E-state index is 11.8. The smallest absolute Gasteiger partial charge is 0.185 e. The van der Waals surface area contributed by atoms with E-state index in [0.29, 0.717) is 17.1 Å². The molecule has 0 heterocycles. The van der Waals surface area contributed by atoms with Crippen LogP contribution in [0.5, 0.6) is 11.5 Å². The highest BCUT2D eigenvalue weighted by Gasteiger charge is 2.08. The number of carbonyl (C=O) groups is 1. The van der Waals surface area contributed by atoms with Crippen LogP contribution < -0.4 is 9.47 Å². The number of allylic oxidation sites excluding steroid dienone is 2. The summed E-state index contributed by atoms with van der Waals surface area (Å²) in [5.74, 6) is 1.16. The van der Waals surface area contributed by atoms with Crippen molar-refractivity contribution in [2.45, 2.75) is 13.8 Å². The maximum Gasteiger partial charge on any atom is 0.185 e. The summed E-state index contributed by atoms with van der Waals surface area (Å²) < 4.78 is 10.2. The first-order chi connectivity index (χ1) is 7.58. The van der Waals surface area contributed by atoms with Crippen LogP contribution in [-0.4, -0.2) is 20.0 Å². The number of ketones is 1. The van der Waals surface area contributed by atoms with Gasteiger partial charge in [-0.2, -0.15) is 0 Å². The topological polar surface area (TPSA) is 35.5 Å². The van der Waals surface area contributed by atoms with Gasteiger partial charge in [-0.05, 0) is 38.1 Å². The van der Waals surface area contributed by atoms with Gasteiger partial charge in [0.1, 0.15) is 0 Å². The first-order valence-corrected chi connectivity index (χ1v) is 4.99. The van der Waals surface area contributed by atoms with Crippen molar-refractivity contribution in [1.29, 1.82) is 0 Å². The molecule has 3 nitrogen and oxygen atoms in total. The molecule has 0 aromatic heterocycles.